The van der Waals surface area contributed by atoms with Gasteiger partial charge in [-0.05, 0) is 60.4 Å². The van der Waals surface area contributed by atoms with Crippen molar-refractivity contribution in [3.8, 4) is 5.75 Å². The molecule has 1 fully saturated rings. The number of aromatic nitrogens is 2. The summed E-state index contributed by atoms with van der Waals surface area (Å²) in [4.78, 5) is 9.20. The summed E-state index contributed by atoms with van der Waals surface area (Å²) in [6.07, 6.45) is 5.48. The second-order valence-electron chi connectivity index (χ2n) is 6.65. The summed E-state index contributed by atoms with van der Waals surface area (Å²) in [7, 11) is 1.70. The highest BCUT2D eigenvalue weighted by atomic mass is 32.2. The van der Waals surface area contributed by atoms with Crippen LogP contribution in [0.4, 0.5) is 11.5 Å². The lowest BCUT2D eigenvalue weighted by molar-refractivity contribution is 0.414. The Bertz CT molecular complexity index is 893. The Morgan fingerprint density at radius 1 is 1.12 bits per heavy atom. The van der Waals surface area contributed by atoms with E-state index in [9.17, 15) is 0 Å². The van der Waals surface area contributed by atoms with Crippen LogP contribution in [0.25, 0.3) is 11.0 Å². The van der Waals surface area contributed by atoms with Crippen LogP contribution in [0.1, 0.15) is 18.4 Å². The first-order valence-corrected chi connectivity index (χ1v) is 10.2. The zero-order chi connectivity index (χ0) is 17.8. The molecule has 5 heteroatoms. The van der Waals surface area contributed by atoms with Gasteiger partial charge in [-0.1, -0.05) is 18.2 Å². The van der Waals surface area contributed by atoms with Crippen LogP contribution in [0.3, 0.4) is 0 Å². The van der Waals surface area contributed by atoms with Crippen LogP contribution in [0, 0.1) is 5.92 Å². The van der Waals surface area contributed by atoms with Crippen molar-refractivity contribution in [1.29, 1.82) is 0 Å². The van der Waals surface area contributed by atoms with Gasteiger partial charge in [0.2, 0.25) is 0 Å². The van der Waals surface area contributed by atoms with Gasteiger partial charge in [-0.25, -0.2) is 4.98 Å². The molecule has 0 aliphatic carbocycles. The van der Waals surface area contributed by atoms with Crippen LogP contribution < -0.4 is 10.1 Å². The second-order valence-corrected chi connectivity index (χ2v) is 7.88. The van der Waals surface area contributed by atoms with Crippen molar-refractivity contribution in [2.24, 2.45) is 5.92 Å². The van der Waals surface area contributed by atoms with E-state index < -0.39 is 0 Å². The zero-order valence-corrected chi connectivity index (χ0v) is 15.8. The Morgan fingerprint density at radius 2 is 1.92 bits per heavy atom. The largest absolute Gasteiger partial charge is 0.497 e. The van der Waals surface area contributed by atoms with Gasteiger partial charge < -0.3 is 10.1 Å². The van der Waals surface area contributed by atoms with Gasteiger partial charge in [-0.2, -0.15) is 11.8 Å². The number of nitrogens with zero attached hydrogens (tertiary/aromatic N) is 2. The lowest BCUT2D eigenvalue weighted by Gasteiger charge is -2.23. The van der Waals surface area contributed by atoms with Crippen LogP contribution in [0.5, 0.6) is 5.75 Å². The number of para-hydroxylation sites is 2. The van der Waals surface area contributed by atoms with E-state index in [2.05, 4.69) is 34.2 Å². The number of ether oxygens (including phenoxy) is 1. The molecule has 0 radical (unpaired) electrons. The van der Waals surface area contributed by atoms with E-state index in [0.717, 1.165) is 40.6 Å². The molecule has 4 rings (SSSR count). The fourth-order valence-electron chi connectivity index (χ4n) is 3.39. The first-order valence-electron chi connectivity index (χ1n) is 9.05. The highest BCUT2D eigenvalue weighted by molar-refractivity contribution is 7.99. The summed E-state index contributed by atoms with van der Waals surface area (Å²) in [6.45, 7) is 0. The minimum Gasteiger partial charge on any atom is -0.497 e. The molecule has 1 N–H and O–H groups in total. The van der Waals surface area contributed by atoms with Crippen molar-refractivity contribution in [3.63, 3.8) is 0 Å². The Labute approximate surface area is 158 Å². The molecule has 0 spiro atoms. The third kappa shape index (κ3) is 3.93. The number of hydrogen-bond acceptors (Lipinski definition) is 5. The average Bonchev–Trinajstić information content (AvgIpc) is 2.70. The maximum atomic E-state index is 5.43. The second kappa shape index (κ2) is 7.96. The number of nitrogens with one attached hydrogen (secondary N) is 1. The maximum absolute atomic E-state index is 5.43. The Balaban J connectivity index is 1.61. The normalized spacial score (nSPS) is 15.1. The van der Waals surface area contributed by atoms with E-state index >= 15 is 0 Å². The standard InChI is InChI=1S/C21H23N3OS/c1-25-17-7-6-16(12-15-8-10-26-11-9-15)20(13-17)24-21-14-22-18-4-2-3-5-19(18)23-21/h2-7,13-15H,8-12H2,1H3,(H,23,24). The van der Waals surface area contributed by atoms with Crippen LogP contribution in [-0.4, -0.2) is 28.6 Å². The molecule has 0 bridgehead atoms. The highest BCUT2D eigenvalue weighted by Gasteiger charge is 2.16. The van der Waals surface area contributed by atoms with Gasteiger partial charge in [0, 0.05) is 11.8 Å². The number of rotatable bonds is 5. The van der Waals surface area contributed by atoms with Crippen molar-refractivity contribution in [2.45, 2.75) is 19.3 Å². The van der Waals surface area contributed by atoms with Crippen LogP contribution in [0.2, 0.25) is 0 Å². The molecule has 1 saturated heterocycles. The highest BCUT2D eigenvalue weighted by Crippen LogP contribution is 2.31. The number of anilines is 2. The Morgan fingerprint density at radius 3 is 2.73 bits per heavy atom. The first kappa shape index (κ1) is 17.2. The average molecular weight is 366 g/mol. The number of benzene rings is 2. The molecule has 4 nitrogen and oxygen atoms in total. The molecule has 0 unspecified atom stereocenters. The SMILES string of the molecule is COc1ccc(CC2CCSCC2)c(Nc2cnc3ccccc3n2)c1. The van der Waals surface area contributed by atoms with E-state index in [1.54, 1.807) is 13.3 Å². The number of hydrogen-bond donors (Lipinski definition) is 1. The molecular formula is C21H23N3OS. The number of fused-ring (bicyclic) bond motifs is 1. The van der Waals surface area contributed by atoms with Gasteiger partial charge in [0.25, 0.3) is 0 Å². The van der Waals surface area contributed by atoms with Crippen molar-refractivity contribution < 1.29 is 4.74 Å². The van der Waals surface area contributed by atoms with Crippen molar-refractivity contribution >= 4 is 34.3 Å². The molecule has 1 aliphatic heterocycles. The quantitative estimate of drug-likeness (QED) is 0.684. The van der Waals surface area contributed by atoms with E-state index in [0.29, 0.717) is 0 Å². The molecule has 1 aliphatic rings. The molecule has 26 heavy (non-hydrogen) atoms. The predicted molar refractivity (Wildman–Crippen MR) is 110 cm³/mol. The molecule has 2 aromatic carbocycles. The lowest BCUT2D eigenvalue weighted by Crippen LogP contribution is -2.13. The Kier molecular flexibility index (Phi) is 5.25. The fraction of sp³-hybridized carbons (Fsp3) is 0.333. The third-order valence-electron chi connectivity index (χ3n) is 4.88. The fourth-order valence-corrected chi connectivity index (χ4v) is 4.60. The molecular weight excluding hydrogens is 342 g/mol. The van der Waals surface area contributed by atoms with Crippen LogP contribution in [-0.2, 0) is 6.42 Å². The summed E-state index contributed by atoms with van der Waals surface area (Å²) >= 11 is 2.07. The third-order valence-corrected chi connectivity index (χ3v) is 5.93. The summed E-state index contributed by atoms with van der Waals surface area (Å²) < 4.78 is 5.43. The van der Waals surface area contributed by atoms with E-state index in [-0.39, 0.29) is 0 Å². The first-order chi connectivity index (χ1) is 12.8. The predicted octanol–water partition coefficient (Wildman–Crippen LogP) is 5.07. The van der Waals surface area contributed by atoms with Crippen molar-refractivity contribution in [1.82, 2.24) is 9.97 Å². The molecule has 134 valence electrons. The molecule has 0 saturated carbocycles. The van der Waals surface area contributed by atoms with Gasteiger partial charge in [-0.3, -0.25) is 4.98 Å². The number of thioether (sulfide) groups is 1. The van der Waals surface area contributed by atoms with Gasteiger partial charge in [-0.15, -0.1) is 0 Å². The van der Waals surface area contributed by atoms with Gasteiger partial charge in [0.05, 0.1) is 24.3 Å². The number of methoxy groups -OCH3 is 1. The summed E-state index contributed by atoms with van der Waals surface area (Å²) in [5.74, 6) is 4.92. The minimum absolute atomic E-state index is 0.757. The molecule has 3 aromatic rings. The van der Waals surface area contributed by atoms with E-state index in [4.69, 9.17) is 9.72 Å². The topological polar surface area (TPSA) is 47.0 Å². The Hall–Kier alpha value is -2.27. The van der Waals surface area contributed by atoms with Gasteiger partial charge in [0.1, 0.15) is 11.6 Å². The molecule has 1 aromatic heterocycles. The molecule has 2 heterocycles. The summed E-state index contributed by atoms with van der Waals surface area (Å²) in [6, 6.07) is 14.2. The van der Waals surface area contributed by atoms with Crippen LogP contribution >= 0.6 is 11.8 Å². The van der Waals surface area contributed by atoms with Crippen molar-refractivity contribution in [2.75, 3.05) is 23.9 Å². The monoisotopic (exact) mass is 365 g/mol. The zero-order valence-electron chi connectivity index (χ0n) is 14.9. The summed E-state index contributed by atoms with van der Waals surface area (Å²) in [5, 5.41) is 3.47. The minimum atomic E-state index is 0.757. The van der Waals surface area contributed by atoms with E-state index in [1.165, 1.54) is 29.9 Å². The lowest BCUT2D eigenvalue weighted by atomic mass is 9.93. The van der Waals surface area contributed by atoms with Gasteiger partial charge in [0.15, 0.2) is 0 Å². The van der Waals surface area contributed by atoms with Crippen molar-refractivity contribution in [3.05, 3.63) is 54.2 Å². The van der Waals surface area contributed by atoms with E-state index in [1.807, 2.05) is 30.3 Å². The maximum Gasteiger partial charge on any atom is 0.149 e. The van der Waals surface area contributed by atoms with Crippen LogP contribution in [0.15, 0.2) is 48.7 Å². The molecule has 0 atom stereocenters. The summed E-state index contributed by atoms with van der Waals surface area (Å²) in [5.41, 5.74) is 4.18. The molecule has 0 amide bonds. The smallest absolute Gasteiger partial charge is 0.149 e. The van der Waals surface area contributed by atoms with Gasteiger partial charge >= 0.3 is 0 Å².